The second-order valence-electron chi connectivity index (χ2n) is 5.52. The van der Waals surface area contributed by atoms with Gasteiger partial charge < -0.3 is 10.1 Å². The lowest BCUT2D eigenvalue weighted by atomic mass is 10.0. The lowest BCUT2D eigenvalue weighted by Crippen LogP contribution is -2.11. The third-order valence-electron chi connectivity index (χ3n) is 3.26. The van der Waals surface area contributed by atoms with Gasteiger partial charge in [0, 0.05) is 12.2 Å². The Bertz CT molecular complexity index is 596. The molecule has 0 amide bonds. The molecule has 0 bridgehead atoms. The Labute approximate surface area is 126 Å². The maximum absolute atomic E-state index is 13.0. The van der Waals surface area contributed by atoms with Crippen LogP contribution in [0.2, 0.25) is 0 Å². The fourth-order valence-corrected chi connectivity index (χ4v) is 2.16. The highest BCUT2D eigenvalue weighted by molar-refractivity contribution is 5.43. The van der Waals surface area contributed by atoms with Crippen LogP contribution in [0.1, 0.15) is 30.9 Å². The summed E-state index contributed by atoms with van der Waals surface area (Å²) in [7, 11) is 0. The van der Waals surface area contributed by atoms with Crippen molar-refractivity contribution in [2.75, 3.05) is 18.5 Å². The molecule has 0 saturated heterocycles. The molecule has 0 saturated carbocycles. The predicted octanol–water partition coefficient (Wildman–Crippen LogP) is 4.75. The molecule has 112 valence electrons. The van der Waals surface area contributed by atoms with Gasteiger partial charge in [0.1, 0.15) is 18.2 Å². The van der Waals surface area contributed by atoms with E-state index in [4.69, 9.17) is 4.74 Å². The van der Waals surface area contributed by atoms with E-state index in [0.717, 1.165) is 11.4 Å². The second-order valence-corrected chi connectivity index (χ2v) is 5.52. The number of halogens is 1. The fourth-order valence-electron chi connectivity index (χ4n) is 2.16. The van der Waals surface area contributed by atoms with E-state index in [-0.39, 0.29) is 5.82 Å². The van der Waals surface area contributed by atoms with Gasteiger partial charge in [-0.3, -0.25) is 0 Å². The maximum Gasteiger partial charge on any atom is 0.125 e. The average Bonchev–Trinajstić information content (AvgIpc) is 2.43. The summed E-state index contributed by atoms with van der Waals surface area (Å²) in [5.74, 6) is 1.14. The SMILES string of the molecule is Cc1cc(OCCNc2cccc(F)c2)cc(C(C)C)c1. The van der Waals surface area contributed by atoms with Gasteiger partial charge in [-0.1, -0.05) is 26.0 Å². The van der Waals surface area contributed by atoms with Crippen molar-refractivity contribution in [1.29, 1.82) is 0 Å². The summed E-state index contributed by atoms with van der Waals surface area (Å²) < 4.78 is 18.8. The molecule has 0 unspecified atom stereocenters. The molecule has 2 nitrogen and oxygen atoms in total. The van der Waals surface area contributed by atoms with Gasteiger partial charge in [0.2, 0.25) is 0 Å². The van der Waals surface area contributed by atoms with E-state index in [1.807, 2.05) is 12.1 Å². The molecule has 2 aromatic carbocycles. The van der Waals surface area contributed by atoms with E-state index in [2.05, 4.69) is 38.2 Å². The minimum Gasteiger partial charge on any atom is -0.492 e. The summed E-state index contributed by atoms with van der Waals surface area (Å²) in [5.41, 5.74) is 3.25. The fraction of sp³-hybridized carbons (Fsp3) is 0.333. The van der Waals surface area contributed by atoms with E-state index >= 15 is 0 Å². The standard InChI is InChI=1S/C18H22FNO/c1-13(2)15-9-14(3)10-18(11-15)21-8-7-20-17-6-4-5-16(19)12-17/h4-6,9-13,20H,7-8H2,1-3H3. The first-order valence-corrected chi connectivity index (χ1v) is 7.28. The minimum atomic E-state index is -0.235. The molecule has 0 aliphatic carbocycles. The highest BCUT2D eigenvalue weighted by atomic mass is 19.1. The second kappa shape index (κ2) is 7.11. The minimum absolute atomic E-state index is 0.235. The molecule has 0 aliphatic rings. The predicted molar refractivity (Wildman–Crippen MR) is 85.7 cm³/mol. The summed E-state index contributed by atoms with van der Waals surface area (Å²) in [6.07, 6.45) is 0. The van der Waals surface area contributed by atoms with Crippen LogP contribution in [0.3, 0.4) is 0 Å². The van der Waals surface area contributed by atoms with Gasteiger partial charge in [-0.2, -0.15) is 0 Å². The van der Waals surface area contributed by atoms with Crippen molar-refractivity contribution in [3.63, 3.8) is 0 Å². The molecule has 0 fully saturated rings. The number of ether oxygens (including phenoxy) is 1. The Kier molecular flexibility index (Phi) is 5.20. The molecule has 3 heteroatoms. The summed E-state index contributed by atoms with van der Waals surface area (Å²) in [6, 6.07) is 12.7. The van der Waals surface area contributed by atoms with Crippen LogP contribution in [-0.4, -0.2) is 13.2 Å². The highest BCUT2D eigenvalue weighted by Crippen LogP contribution is 2.22. The van der Waals surface area contributed by atoms with E-state index in [1.165, 1.54) is 23.3 Å². The van der Waals surface area contributed by atoms with Gasteiger partial charge in [0.15, 0.2) is 0 Å². The first kappa shape index (κ1) is 15.4. The van der Waals surface area contributed by atoms with E-state index in [0.29, 0.717) is 19.1 Å². The Morgan fingerprint density at radius 1 is 1.14 bits per heavy atom. The molecule has 2 aromatic rings. The quantitative estimate of drug-likeness (QED) is 0.774. The summed E-state index contributed by atoms with van der Waals surface area (Å²) >= 11 is 0. The largest absolute Gasteiger partial charge is 0.492 e. The van der Waals surface area contributed by atoms with Gasteiger partial charge in [-0.15, -0.1) is 0 Å². The molecule has 0 radical (unpaired) electrons. The van der Waals surface area contributed by atoms with E-state index in [1.54, 1.807) is 6.07 Å². The van der Waals surface area contributed by atoms with Crippen LogP contribution in [-0.2, 0) is 0 Å². The zero-order chi connectivity index (χ0) is 15.2. The molecule has 0 spiro atoms. The zero-order valence-electron chi connectivity index (χ0n) is 12.8. The van der Waals surface area contributed by atoms with Crippen molar-refractivity contribution in [2.45, 2.75) is 26.7 Å². The summed E-state index contributed by atoms with van der Waals surface area (Å²) in [6.45, 7) is 7.59. The van der Waals surface area contributed by atoms with Crippen molar-refractivity contribution >= 4 is 5.69 Å². The summed E-state index contributed by atoms with van der Waals surface area (Å²) in [5, 5.41) is 3.14. The van der Waals surface area contributed by atoms with Crippen LogP contribution < -0.4 is 10.1 Å². The smallest absolute Gasteiger partial charge is 0.125 e. The van der Waals surface area contributed by atoms with Crippen LogP contribution in [0, 0.1) is 12.7 Å². The highest BCUT2D eigenvalue weighted by Gasteiger charge is 2.03. The monoisotopic (exact) mass is 287 g/mol. The Morgan fingerprint density at radius 3 is 2.67 bits per heavy atom. The normalized spacial score (nSPS) is 10.7. The molecule has 0 aliphatic heterocycles. The molecule has 1 N–H and O–H groups in total. The van der Waals surface area contributed by atoms with E-state index in [9.17, 15) is 4.39 Å². The van der Waals surface area contributed by atoms with Crippen molar-refractivity contribution in [2.24, 2.45) is 0 Å². The zero-order valence-corrected chi connectivity index (χ0v) is 12.8. The maximum atomic E-state index is 13.0. The molecule has 0 atom stereocenters. The van der Waals surface area contributed by atoms with Gasteiger partial charge in [0.05, 0.1) is 0 Å². The summed E-state index contributed by atoms with van der Waals surface area (Å²) in [4.78, 5) is 0. The van der Waals surface area contributed by atoms with Crippen LogP contribution in [0.25, 0.3) is 0 Å². The number of nitrogens with one attached hydrogen (secondary N) is 1. The van der Waals surface area contributed by atoms with Gasteiger partial charge in [-0.05, 0) is 54.3 Å². The number of hydrogen-bond donors (Lipinski definition) is 1. The van der Waals surface area contributed by atoms with Crippen LogP contribution >= 0.6 is 0 Å². The number of hydrogen-bond acceptors (Lipinski definition) is 2. The Hall–Kier alpha value is -2.03. The lowest BCUT2D eigenvalue weighted by molar-refractivity contribution is 0.332. The van der Waals surface area contributed by atoms with Crippen molar-refractivity contribution in [3.8, 4) is 5.75 Å². The first-order chi connectivity index (χ1) is 10.0. The van der Waals surface area contributed by atoms with Gasteiger partial charge >= 0.3 is 0 Å². The van der Waals surface area contributed by atoms with Crippen LogP contribution in [0.4, 0.5) is 10.1 Å². The van der Waals surface area contributed by atoms with Crippen molar-refractivity contribution in [3.05, 3.63) is 59.4 Å². The Balaban J connectivity index is 1.86. The number of aryl methyl sites for hydroxylation is 1. The molecular formula is C18H22FNO. The van der Waals surface area contributed by atoms with Gasteiger partial charge in [0.25, 0.3) is 0 Å². The van der Waals surface area contributed by atoms with Gasteiger partial charge in [-0.25, -0.2) is 4.39 Å². The number of rotatable bonds is 6. The third kappa shape index (κ3) is 4.78. The molecular weight excluding hydrogens is 265 g/mol. The third-order valence-corrected chi connectivity index (χ3v) is 3.26. The average molecular weight is 287 g/mol. The molecule has 0 heterocycles. The molecule has 2 rings (SSSR count). The number of benzene rings is 2. The van der Waals surface area contributed by atoms with Crippen molar-refractivity contribution < 1.29 is 9.13 Å². The lowest BCUT2D eigenvalue weighted by Gasteiger charge is -2.12. The van der Waals surface area contributed by atoms with E-state index < -0.39 is 0 Å². The van der Waals surface area contributed by atoms with Crippen LogP contribution in [0.15, 0.2) is 42.5 Å². The number of anilines is 1. The Morgan fingerprint density at radius 2 is 1.95 bits per heavy atom. The topological polar surface area (TPSA) is 21.3 Å². The molecule has 21 heavy (non-hydrogen) atoms. The van der Waals surface area contributed by atoms with Crippen molar-refractivity contribution in [1.82, 2.24) is 0 Å². The molecule has 0 aromatic heterocycles. The van der Waals surface area contributed by atoms with Crippen LogP contribution in [0.5, 0.6) is 5.75 Å². The first-order valence-electron chi connectivity index (χ1n) is 7.28.